The summed E-state index contributed by atoms with van der Waals surface area (Å²) in [6, 6.07) is 9.82. The molecule has 1 amide bonds. The minimum atomic E-state index is -0.0579. The van der Waals surface area contributed by atoms with Gasteiger partial charge in [0.1, 0.15) is 5.00 Å². The standard InChI is InChI=1S/C25H30N2O3S2/c1-16-17(2)32-25(26-24(28)20-12-9-15-31-20)21(16)22(27-13-6-5-7-14-27)18-10-8-11-19(29-3)23(18)30-4/h8-12,15,22H,5-7,13-14H2,1-4H3,(H,26,28). The fourth-order valence-electron chi connectivity index (χ4n) is 4.48. The zero-order valence-electron chi connectivity index (χ0n) is 19.1. The molecule has 3 heterocycles. The zero-order chi connectivity index (χ0) is 22.7. The fraction of sp³-hybridized carbons (Fsp3) is 0.400. The summed E-state index contributed by atoms with van der Waals surface area (Å²) in [6.07, 6.45) is 3.59. The van der Waals surface area contributed by atoms with Crippen LogP contribution in [0.15, 0.2) is 35.7 Å². The van der Waals surface area contributed by atoms with Crippen LogP contribution >= 0.6 is 22.7 Å². The smallest absolute Gasteiger partial charge is 0.266 e. The quantitative estimate of drug-likeness (QED) is 0.442. The lowest BCUT2D eigenvalue weighted by Gasteiger charge is -2.36. The first-order chi connectivity index (χ1) is 15.5. The highest BCUT2D eigenvalue weighted by molar-refractivity contribution is 7.17. The molecule has 1 aliphatic heterocycles. The van der Waals surface area contributed by atoms with Crippen LogP contribution in [0.4, 0.5) is 5.00 Å². The van der Waals surface area contributed by atoms with E-state index in [0.717, 1.165) is 40.7 Å². The number of hydrogen-bond donors (Lipinski definition) is 1. The second-order valence-electron chi connectivity index (χ2n) is 8.04. The van der Waals surface area contributed by atoms with Gasteiger partial charge in [-0.3, -0.25) is 9.69 Å². The van der Waals surface area contributed by atoms with Crippen molar-refractivity contribution in [1.29, 1.82) is 0 Å². The summed E-state index contributed by atoms with van der Waals surface area (Å²) in [5.41, 5.74) is 3.45. The Kier molecular flexibility index (Phi) is 7.18. The van der Waals surface area contributed by atoms with Gasteiger partial charge in [-0.25, -0.2) is 0 Å². The van der Waals surface area contributed by atoms with Crippen LogP contribution in [-0.2, 0) is 0 Å². The van der Waals surface area contributed by atoms with E-state index in [1.807, 2.05) is 29.6 Å². The number of aryl methyl sites for hydroxylation is 1. The molecule has 1 aliphatic rings. The summed E-state index contributed by atoms with van der Waals surface area (Å²) < 4.78 is 11.5. The molecule has 2 aromatic heterocycles. The van der Waals surface area contributed by atoms with Gasteiger partial charge in [0.25, 0.3) is 5.91 Å². The molecule has 170 valence electrons. The third kappa shape index (κ3) is 4.42. The average Bonchev–Trinajstić information content (AvgIpc) is 3.45. The first-order valence-electron chi connectivity index (χ1n) is 10.9. The van der Waals surface area contributed by atoms with Crippen molar-refractivity contribution in [3.05, 3.63) is 62.2 Å². The van der Waals surface area contributed by atoms with Gasteiger partial charge >= 0.3 is 0 Å². The maximum absolute atomic E-state index is 13.0. The van der Waals surface area contributed by atoms with Gasteiger partial charge in [0.2, 0.25) is 0 Å². The number of thiophene rings is 2. The fourth-order valence-corrected chi connectivity index (χ4v) is 6.18. The van der Waals surface area contributed by atoms with Crippen LogP contribution in [0.25, 0.3) is 0 Å². The Labute approximate surface area is 198 Å². The molecule has 32 heavy (non-hydrogen) atoms. The predicted molar refractivity (Wildman–Crippen MR) is 133 cm³/mol. The lowest BCUT2D eigenvalue weighted by atomic mass is 9.92. The Morgan fingerprint density at radius 1 is 1.06 bits per heavy atom. The van der Waals surface area contributed by atoms with Crippen molar-refractivity contribution in [2.75, 3.05) is 32.6 Å². The zero-order valence-corrected chi connectivity index (χ0v) is 20.7. The van der Waals surface area contributed by atoms with E-state index in [1.54, 1.807) is 25.6 Å². The molecule has 0 aliphatic carbocycles. The van der Waals surface area contributed by atoms with Crippen LogP contribution in [0.2, 0.25) is 0 Å². The van der Waals surface area contributed by atoms with Gasteiger partial charge in [-0.05, 0) is 62.9 Å². The number of para-hydroxylation sites is 1. The monoisotopic (exact) mass is 470 g/mol. The first kappa shape index (κ1) is 22.8. The second-order valence-corrected chi connectivity index (χ2v) is 10.2. The number of methoxy groups -OCH3 is 2. The largest absolute Gasteiger partial charge is 0.493 e. The van der Waals surface area contributed by atoms with E-state index in [0.29, 0.717) is 4.88 Å². The third-order valence-corrected chi connectivity index (χ3v) is 8.17. The Bertz CT molecular complexity index is 1070. The average molecular weight is 471 g/mol. The highest BCUT2D eigenvalue weighted by Gasteiger charge is 2.33. The van der Waals surface area contributed by atoms with E-state index >= 15 is 0 Å². The van der Waals surface area contributed by atoms with Crippen LogP contribution < -0.4 is 14.8 Å². The van der Waals surface area contributed by atoms with Crippen LogP contribution in [0.1, 0.15) is 56.5 Å². The van der Waals surface area contributed by atoms with Crippen LogP contribution in [-0.4, -0.2) is 38.1 Å². The molecule has 1 aromatic carbocycles. The topological polar surface area (TPSA) is 50.8 Å². The van der Waals surface area contributed by atoms with E-state index in [2.05, 4.69) is 30.1 Å². The van der Waals surface area contributed by atoms with E-state index in [4.69, 9.17) is 9.47 Å². The Morgan fingerprint density at radius 2 is 1.84 bits per heavy atom. The molecule has 1 saturated heterocycles. The first-order valence-corrected chi connectivity index (χ1v) is 12.6. The Hall–Kier alpha value is -2.35. The summed E-state index contributed by atoms with van der Waals surface area (Å²) in [6.45, 7) is 6.31. The molecular formula is C25H30N2O3S2. The maximum Gasteiger partial charge on any atom is 0.266 e. The number of nitrogens with one attached hydrogen (secondary N) is 1. The molecule has 1 unspecified atom stereocenters. The van der Waals surface area contributed by atoms with Gasteiger partial charge in [0.05, 0.1) is 25.1 Å². The third-order valence-electron chi connectivity index (χ3n) is 6.16. The van der Waals surface area contributed by atoms with E-state index < -0.39 is 0 Å². The molecule has 1 atom stereocenters. The predicted octanol–water partition coefficient (Wildman–Crippen LogP) is 6.27. The number of nitrogens with zero attached hydrogens (tertiary/aromatic N) is 1. The van der Waals surface area contributed by atoms with Crippen molar-refractivity contribution >= 4 is 33.6 Å². The van der Waals surface area contributed by atoms with Crippen molar-refractivity contribution in [3.63, 3.8) is 0 Å². The highest BCUT2D eigenvalue weighted by atomic mass is 32.1. The molecule has 0 saturated carbocycles. The van der Waals surface area contributed by atoms with E-state index in [1.165, 1.54) is 41.0 Å². The summed E-state index contributed by atoms with van der Waals surface area (Å²) in [5, 5.41) is 6.07. The molecule has 1 N–H and O–H groups in total. The number of likely N-dealkylation sites (tertiary alicyclic amines) is 1. The van der Waals surface area contributed by atoms with Crippen molar-refractivity contribution in [3.8, 4) is 11.5 Å². The number of piperidine rings is 1. The van der Waals surface area contributed by atoms with E-state index in [9.17, 15) is 4.79 Å². The lowest BCUT2D eigenvalue weighted by Crippen LogP contribution is -2.35. The molecular weight excluding hydrogens is 440 g/mol. The number of hydrogen-bond acceptors (Lipinski definition) is 6. The van der Waals surface area contributed by atoms with Crippen molar-refractivity contribution in [2.24, 2.45) is 0 Å². The summed E-state index contributed by atoms with van der Waals surface area (Å²) in [4.78, 5) is 17.4. The van der Waals surface area contributed by atoms with Crippen molar-refractivity contribution < 1.29 is 14.3 Å². The van der Waals surface area contributed by atoms with Gasteiger partial charge in [-0.1, -0.05) is 24.6 Å². The molecule has 1 fully saturated rings. The second kappa shape index (κ2) is 10.1. The van der Waals surface area contributed by atoms with Crippen molar-refractivity contribution in [1.82, 2.24) is 4.90 Å². The Balaban J connectivity index is 1.85. The number of ether oxygens (including phenoxy) is 2. The van der Waals surface area contributed by atoms with Crippen LogP contribution in [0.3, 0.4) is 0 Å². The molecule has 0 bridgehead atoms. The molecule has 7 heteroatoms. The van der Waals surface area contributed by atoms with Gasteiger partial charge in [0.15, 0.2) is 11.5 Å². The summed E-state index contributed by atoms with van der Waals surface area (Å²) >= 11 is 3.11. The molecule has 4 rings (SSSR count). The number of amides is 1. The van der Waals surface area contributed by atoms with Gasteiger partial charge in [0, 0.05) is 16.0 Å². The Morgan fingerprint density at radius 3 is 2.50 bits per heavy atom. The number of anilines is 1. The van der Waals surface area contributed by atoms with Crippen LogP contribution in [0, 0.1) is 13.8 Å². The van der Waals surface area contributed by atoms with Crippen molar-refractivity contribution in [2.45, 2.75) is 39.2 Å². The normalized spacial score (nSPS) is 15.4. The molecule has 5 nitrogen and oxygen atoms in total. The molecule has 0 radical (unpaired) electrons. The number of carbonyl (C=O) groups excluding carboxylic acids is 1. The minimum Gasteiger partial charge on any atom is -0.493 e. The molecule has 0 spiro atoms. The lowest BCUT2D eigenvalue weighted by molar-refractivity contribution is 0.103. The maximum atomic E-state index is 13.0. The number of rotatable bonds is 7. The number of benzene rings is 1. The van der Waals surface area contributed by atoms with Gasteiger partial charge in [-0.2, -0.15) is 0 Å². The van der Waals surface area contributed by atoms with Gasteiger partial charge in [-0.15, -0.1) is 22.7 Å². The number of carbonyl (C=O) groups is 1. The van der Waals surface area contributed by atoms with Crippen LogP contribution in [0.5, 0.6) is 11.5 Å². The summed E-state index contributed by atoms with van der Waals surface area (Å²) in [7, 11) is 3.37. The highest BCUT2D eigenvalue weighted by Crippen LogP contribution is 2.47. The molecule has 3 aromatic rings. The minimum absolute atomic E-state index is 0.0241. The van der Waals surface area contributed by atoms with E-state index in [-0.39, 0.29) is 11.9 Å². The SMILES string of the molecule is COc1cccc(C(c2c(NC(=O)c3cccs3)sc(C)c2C)N2CCCCC2)c1OC. The summed E-state index contributed by atoms with van der Waals surface area (Å²) in [5.74, 6) is 1.42. The van der Waals surface area contributed by atoms with Gasteiger partial charge < -0.3 is 14.8 Å².